The van der Waals surface area contributed by atoms with Gasteiger partial charge >= 0.3 is 5.97 Å². The largest absolute Gasteiger partial charge is 0.466 e. The molecule has 1 saturated heterocycles. The van der Waals surface area contributed by atoms with Crippen molar-refractivity contribution in [3.8, 4) is 0 Å². The molecule has 1 aromatic rings. The molecule has 0 amide bonds. The number of guanidine groups is 1. The van der Waals surface area contributed by atoms with Crippen molar-refractivity contribution in [3.63, 3.8) is 0 Å². The van der Waals surface area contributed by atoms with Crippen LogP contribution in [0.15, 0.2) is 29.3 Å². The smallest absolute Gasteiger partial charge is 0.309 e. The lowest BCUT2D eigenvalue weighted by Gasteiger charge is -2.33. The molecule has 0 radical (unpaired) electrons. The molecule has 1 aromatic carbocycles. The van der Waals surface area contributed by atoms with Crippen molar-refractivity contribution in [1.29, 1.82) is 0 Å². The molecule has 1 heterocycles. The Morgan fingerprint density at radius 1 is 1.32 bits per heavy atom. The van der Waals surface area contributed by atoms with Gasteiger partial charge in [-0.05, 0) is 50.3 Å². The van der Waals surface area contributed by atoms with E-state index in [1.807, 2.05) is 19.1 Å². The van der Waals surface area contributed by atoms with Crippen molar-refractivity contribution in [2.75, 3.05) is 33.3 Å². The number of piperidine rings is 1. The van der Waals surface area contributed by atoms with Gasteiger partial charge in [-0.3, -0.25) is 9.79 Å². The normalized spacial score (nSPS) is 16.0. The molecule has 0 aromatic heterocycles. The molecule has 1 aliphatic heterocycles. The summed E-state index contributed by atoms with van der Waals surface area (Å²) < 4.78 is 5.12. The molecule has 6 heteroatoms. The lowest BCUT2D eigenvalue weighted by molar-refractivity contribution is -0.149. The van der Waals surface area contributed by atoms with E-state index in [0.717, 1.165) is 56.3 Å². The average molecular weight is 366 g/mol. The van der Waals surface area contributed by atoms with Gasteiger partial charge in [-0.15, -0.1) is 0 Å². The van der Waals surface area contributed by atoms with Crippen molar-refractivity contribution in [1.82, 2.24) is 10.2 Å². The number of carbonyl (C=O) groups excluding carboxylic acids is 1. The van der Waals surface area contributed by atoms with Crippen LogP contribution in [-0.2, 0) is 16.0 Å². The summed E-state index contributed by atoms with van der Waals surface area (Å²) in [4.78, 5) is 18.4. The fourth-order valence-electron chi connectivity index (χ4n) is 3.06. The fraction of sp³-hybridized carbons (Fsp3) is 0.579. The van der Waals surface area contributed by atoms with E-state index in [1.54, 1.807) is 7.05 Å². The lowest BCUT2D eigenvalue weighted by Crippen LogP contribution is -2.47. The first kappa shape index (κ1) is 19.6. The van der Waals surface area contributed by atoms with Gasteiger partial charge in [0.05, 0.1) is 12.5 Å². The summed E-state index contributed by atoms with van der Waals surface area (Å²) in [5.74, 6) is 0.880. The summed E-state index contributed by atoms with van der Waals surface area (Å²) in [5, 5.41) is 4.20. The number of hydrogen-bond acceptors (Lipinski definition) is 3. The number of carbonyl (C=O) groups is 1. The topological polar surface area (TPSA) is 53.9 Å². The molecule has 0 aliphatic carbocycles. The summed E-state index contributed by atoms with van der Waals surface area (Å²) >= 11 is 5.90. The Hall–Kier alpha value is -1.75. The first-order chi connectivity index (χ1) is 12.1. The maximum Gasteiger partial charge on any atom is 0.309 e. The average Bonchev–Trinajstić information content (AvgIpc) is 2.64. The van der Waals surface area contributed by atoms with Crippen molar-refractivity contribution in [2.24, 2.45) is 10.9 Å². The van der Waals surface area contributed by atoms with E-state index in [0.29, 0.717) is 6.61 Å². The third-order valence-electron chi connectivity index (χ3n) is 4.46. The van der Waals surface area contributed by atoms with Crippen LogP contribution in [0.1, 0.15) is 31.7 Å². The minimum Gasteiger partial charge on any atom is -0.466 e. The van der Waals surface area contributed by atoms with Gasteiger partial charge in [0, 0.05) is 31.7 Å². The Bertz CT molecular complexity index is 567. The fourth-order valence-corrected chi connectivity index (χ4v) is 3.19. The second-order valence-corrected chi connectivity index (χ2v) is 6.65. The molecule has 2 rings (SSSR count). The SMILES string of the molecule is CCOC(=O)C1CCN(C(=NC)NCCCc2ccc(Cl)cc2)CC1. The zero-order chi connectivity index (χ0) is 18.1. The second-order valence-electron chi connectivity index (χ2n) is 6.22. The highest BCUT2D eigenvalue weighted by Gasteiger charge is 2.27. The number of nitrogens with one attached hydrogen (secondary N) is 1. The Balaban J connectivity index is 1.70. The number of ether oxygens (including phenoxy) is 1. The number of likely N-dealkylation sites (tertiary alicyclic amines) is 1. The van der Waals surface area contributed by atoms with Crippen molar-refractivity contribution < 1.29 is 9.53 Å². The second kappa shape index (κ2) is 10.3. The summed E-state index contributed by atoms with van der Waals surface area (Å²) in [5.41, 5.74) is 1.29. The van der Waals surface area contributed by atoms with Crippen LogP contribution >= 0.6 is 11.6 Å². The van der Waals surface area contributed by atoms with E-state index in [2.05, 4.69) is 27.3 Å². The molecular weight excluding hydrogens is 338 g/mol. The van der Waals surface area contributed by atoms with Gasteiger partial charge in [-0.2, -0.15) is 0 Å². The Morgan fingerprint density at radius 3 is 2.60 bits per heavy atom. The lowest BCUT2D eigenvalue weighted by atomic mass is 9.97. The summed E-state index contributed by atoms with van der Waals surface area (Å²) in [7, 11) is 1.80. The highest BCUT2D eigenvalue weighted by atomic mass is 35.5. The number of nitrogens with zero attached hydrogens (tertiary/aromatic N) is 2. The van der Waals surface area contributed by atoms with Crippen LogP contribution < -0.4 is 5.32 Å². The molecule has 0 atom stereocenters. The molecule has 0 bridgehead atoms. The molecule has 25 heavy (non-hydrogen) atoms. The summed E-state index contributed by atoms with van der Waals surface area (Å²) in [6.07, 6.45) is 3.68. The van der Waals surface area contributed by atoms with Crippen LogP contribution in [0.25, 0.3) is 0 Å². The van der Waals surface area contributed by atoms with E-state index in [4.69, 9.17) is 16.3 Å². The molecule has 0 spiro atoms. The molecule has 1 aliphatic rings. The van der Waals surface area contributed by atoms with Gasteiger partial charge in [0.15, 0.2) is 5.96 Å². The van der Waals surface area contributed by atoms with Crippen LogP contribution in [0, 0.1) is 5.92 Å². The maximum atomic E-state index is 11.8. The van der Waals surface area contributed by atoms with Gasteiger partial charge in [-0.1, -0.05) is 23.7 Å². The van der Waals surface area contributed by atoms with E-state index in [9.17, 15) is 4.79 Å². The number of aliphatic imine (C=N–C) groups is 1. The maximum absolute atomic E-state index is 11.8. The molecule has 0 unspecified atom stereocenters. The van der Waals surface area contributed by atoms with Gasteiger partial charge in [0.25, 0.3) is 0 Å². The summed E-state index contributed by atoms with van der Waals surface area (Å²) in [6, 6.07) is 7.99. The number of rotatable bonds is 6. The third kappa shape index (κ3) is 6.24. The molecule has 1 fully saturated rings. The number of aryl methyl sites for hydroxylation is 1. The van der Waals surface area contributed by atoms with Crippen LogP contribution in [0.5, 0.6) is 0 Å². The van der Waals surface area contributed by atoms with Gasteiger partial charge in [0.2, 0.25) is 0 Å². The Kier molecular flexibility index (Phi) is 8.06. The molecule has 0 saturated carbocycles. The highest BCUT2D eigenvalue weighted by molar-refractivity contribution is 6.30. The van der Waals surface area contributed by atoms with Crippen molar-refractivity contribution in [3.05, 3.63) is 34.9 Å². The number of halogens is 1. The van der Waals surface area contributed by atoms with Gasteiger partial charge in [-0.25, -0.2) is 0 Å². The van der Waals surface area contributed by atoms with Gasteiger partial charge in [0.1, 0.15) is 0 Å². The zero-order valence-electron chi connectivity index (χ0n) is 15.1. The van der Waals surface area contributed by atoms with Crippen LogP contribution in [0.3, 0.4) is 0 Å². The first-order valence-electron chi connectivity index (χ1n) is 9.00. The molecule has 5 nitrogen and oxygen atoms in total. The highest BCUT2D eigenvalue weighted by Crippen LogP contribution is 2.18. The summed E-state index contributed by atoms with van der Waals surface area (Å²) in [6.45, 7) is 4.84. The number of hydrogen-bond donors (Lipinski definition) is 1. The monoisotopic (exact) mass is 365 g/mol. The number of esters is 1. The third-order valence-corrected chi connectivity index (χ3v) is 4.72. The molecular formula is C19H28ClN3O2. The van der Waals surface area contributed by atoms with Crippen molar-refractivity contribution in [2.45, 2.75) is 32.6 Å². The quantitative estimate of drug-likeness (QED) is 0.364. The molecule has 138 valence electrons. The van der Waals surface area contributed by atoms with E-state index < -0.39 is 0 Å². The van der Waals surface area contributed by atoms with Crippen LogP contribution in [0.4, 0.5) is 0 Å². The first-order valence-corrected chi connectivity index (χ1v) is 9.38. The van der Waals surface area contributed by atoms with Crippen LogP contribution in [-0.4, -0.2) is 50.1 Å². The van der Waals surface area contributed by atoms with Gasteiger partial charge < -0.3 is 15.0 Å². The Labute approximate surface area is 155 Å². The van der Waals surface area contributed by atoms with Crippen LogP contribution in [0.2, 0.25) is 5.02 Å². The van der Waals surface area contributed by atoms with E-state index in [1.165, 1.54) is 5.56 Å². The zero-order valence-corrected chi connectivity index (χ0v) is 15.9. The molecule has 1 N–H and O–H groups in total. The predicted octanol–water partition coefficient (Wildman–Crippen LogP) is 3.12. The number of benzene rings is 1. The Morgan fingerprint density at radius 2 is 2.00 bits per heavy atom. The van der Waals surface area contributed by atoms with E-state index in [-0.39, 0.29) is 11.9 Å². The minimum atomic E-state index is -0.0620. The standard InChI is InChI=1S/C19H28ClN3O2/c1-3-25-18(24)16-10-13-23(14-11-16)19(21-2)22-12-4-5-15-6-8-17(20)9-7-15/h6-9,16H,3-5,10-14H2,1-2H3,(H,21,22). The minimum absolute atomic E-state index is 0.0270. The van der Waals surface area contributed by atoms with E-state index >= 15 is 0 Å². The van der Waals surface area contributed by atoms with Crippen molar-refractivity contribution >= 4 is 23.5 Å². The predicted molar refractivity (Wildman–Crippen MR) is 102 cm³/mol.